The maximum Gasteiger partial charge on any atom is 0.342 e. The van der Waals surface area contributed by atoms with Crippen molar-refractivity contribution in [3.63, 3.8) is 0 Å². The normalized spacial score (nSPS) is 12.0. The van der Waals surface area contributed by atoms with Crippen LogP contribution in [0.4, 0.5) is 4.79 Å². The van der Waals surface area contributed by atoms with Gasteiger partial charge in [0.25, 0.3) is 0 Å². The van der Waals surface area contributed by atoms with Crippen LogP contribution in [0.15, 0.2) is 61.6 Å². The monoisotopic (exact) mass is 495 g/mol. The molecule has 1 atom stereocenters. The fraction of sp³-hybridized carbons (Fsp3) is 0.231. The van der Waals surface area contributed by atoms with Gasteiger partial charge in [0.1, 0.15) is 6.07 Å². The van der Waals surface area contributed by atoms with Crippen LogP contribution in [0.2, 0.25) is 0 Å². The minimum atomic E-state index is -0.394. The van der Waals surface area contributed by atoms with Crippen molar-refractivity contribution in [3.8, 4) is 34.2 Å². The van der Waals surface area contributed by atoms with Crippen molar-refractivity contribution in [2.75, 3.05) is 0 Å². The minimum absolute atomic E-state index is 0.0302. The van der Waals surface area contributed by atoms with Gasteiger partial charge in [-0.3, -0.25) is 4.68 Å². The minimum Gasteiger partial charge on any atom is -0.475 e. The number of fused-ring (bicyclic) bond motifs is 1. The number of ether oxygens (including phenoxy) is 1. The number of carbonyl (C=O) groups is 1. The van der Waals surface area contributed by atoms with E-state index in [0.717, 1.165) is 22.3 Å². The van der Waals surface area contributed by atoms with Gasteiger partial charge in [0, 0.05) is 60.2 Å². The Labute approximate surface area is 212 Å². The molecule has 0 aliphatic carbocycles. The number of aryl methyl sites for hydroxylation is 1. The summed E-state index contributed by atoms with van der Waals surface area (Å²) < 4.78 is 10.2. The smallest absolute Gasteiger partial charge is 0.342 e. The average molecular weight is 496 g/mol. The Hall–Kier alpha value is -4.98. The molecule has 5 aromatic heterocycles. The first kappa shape index (κ1) is 23.7. The van der Waals surface area contributed by atoms with E-state index in [1.807, 2.05) is 52.3 Å². The summed E-state index contributed by atoms with van der Waals surface area (Å²) in [5.74, 6) is 0.533. The largest absolute Gasteiger partial charge is 0.475 e. The van der Waals surface area contributed by atoms with Crippen molar-refractivity contribution in [2.45, 2.75) is 32.9 Å². The molecule has 5 heterocycles. The fourth-order valence-corrected chi connectivity index (χ4v) is 4.02. The van der Waals surface area contributed by atoms with Crippen LogP contribution in [0, 0.1) is 11.3 Å². The molecule has 5 aromatic rings. The number of nitrogens with zero attached hydrogens (tertiary/aromatic N) is 8. The van der Waals surface area contributed by atoms with E-state index in [9.17, 15) is 10.1 Å². The van der Waals surface area contributed by atoms with Gasteiger partial charge < -0.3 is 10.1 Å². The third kappa shape index (κ3) is 4.77. The topological polar surface area (TPSA) is 128 Å². The molecule has 0 spiro atoms. The van der Waals surface area contributed by atoms with Gasteiger partial charge in [0.2, 0.25) is 5.88 Å². The van der Waals surface area contributed by atoms with E-state index < -0.39 is 6.03 Å². The number of pyridine rings is 2. The van der Waals surface area contributed by atoms with Gasteiger partial charge in [-0.1, -0.05) is 6.07 Å². The van der Waals surface area contributed by atoms with Crippen LogP contribution in [0.1, 0.15) is 37.9 Å². The van der Waals surface area contributed by atoms with E-state index in [2.05, 4.69) is 31.7 Å². The summed E-state index contributed by atoms with van der Waals surface area (Å²) in [6.07, 6.45) is 12.0. The number of aromatic nitrogens is 7. The van der Waals surface area contributed by atoms with Crippen LogP contribution in [0.25, 0.3) is 27.8 Å². The summed E-state index contributed by atoms with van der Waals surface area (Å²) >= 11 is 0. The predicted octanol–water partition coefficient (Wildman–Crippen LogP) is 3.97. The first-order valence-electron chi connectivity index (χ1n) is 11.7. The zero-order valence-electron chi connectivity index (χ0n) is 20.8. The molecule has 0 saturated carbocycles. The van der Waals surface area contributed by atoms with Gasteiger partial charge in [-0.05, 0) is 32.4 Å². The third-order valence-corrected chi connectivity index (χ3v) is 5.83. The molecule has 0 radical (unpaired) electrons. The maximum atomic E-state index is 13.0. The molecule has 0 aliphatic heterocycles. The average Bonchev–Trinajstić information content (AvgIpc) is 3.63. The molecule has 37 heavy (non-hydrogen) atoms. The molecular formula is C26H25N9O2. The number of hydrogen-bond acceptors (Lipinski definition) is 7. The number of nitriles is 1. The van der Waals surface area contributed by atoms with Crippen molar-refractivity contribution < 1.29 is 9.53 Å². The second kappa shape index (κ2) is 9.58. The molecule has 0 aliphatic rings. The van der Waals surface area contributed by atoms with E-state index in [1.54, 1.807) is 40.1 Å². The number of hydrogen-bond donors (Lipinski definition) is 1. The van der Waals surface area contributed by atoms with Crippen molar-refractivity contribution in [3.05, 3.63) is 72.7 Å². The molecule has 11 nitrogen and oxygen atoms in total. The van der Waals surface area contributed by atoms with Crippen molar-refractivity contribution in [1.82, 2.24) is 39.5 Å². The zero-order chi connectivity index (χ0) is 26.1. The molecule has 0 saturated heterocycles. The number of amides is 1. The molecule has 1 amide bonds. The lowest BCUT2D eigenvalue weighted by molar-refractivity contribution is 0.232. The summed E-state index contributed by atoms with van der Waals surface area (Å²) in [5, 5.41) is 25.4. The summed E-state index contributed by atoms with van der Waals surface area (Å²) in [6, 6.07) is 7.09. The highest BCUT2D eigenvalue weighted by Gasteiger charge is 2.18. The molecule has 5 rings (SSSR count). The highest BCUT2D eigenvalue weighted by molar-refractivity contribution is 5.88. The van der Waals surface area contributed by atoms with Crippen LogP contribution < -0.4 is 10.1 Å². The van der Waals surface area contributed by atoms with Gasteiger partial charge in [0.05, 0.1) is 41.8 Å². The second-order valence-corrected chi connectivity index (χ2v) is 8.95. The van der Waals surface area contributed by atoms with Crippen molar-refractivity contribution in [1.29, 1.82) is 5.26 Å². The summed E-state index contributed by atoms with van der Waals surface area (Å²) in [5.41, 5.74) is 5.07. The lowest BCUT2D eigenvalue weighted by atomic mass is 10.0. The molecule has 1 N–H and O–H groups in total. The van der Waals surface area contributed by atoms with E-state index >= 15 is 0 Å². The van der Waals surface area contributed by atoms with E-state index in [-0.39, 0.29) is 12.1 Å². The molecule has 1 unspecified atom stereocenters. The van der Waals surface area contributed by atoms with Gasteiger partial charge in [-0.2, -0.15) is 25.2 Å². The quantitative estimate of drug-likeness (QED) is 0.377. The molecule has 11 heteroatoms. The molecule has 0 bridgehead atoms. The lowest BCUT2D eigenvalue weighted by Gasteiger charge is -2.15. The van der Waals surface area contributed by atoms with Crippen molar-refractivity contribution in [2.24, 2.45) is 7.05 Å². The summed E-state index contributed by atoms with van der Waals surface area (Å²) in [7, 11) is 1.85. The Balaban J connectivity index is 1.42. The van der Waals surface area contributed by atoms with Crippen LogP contribution in [0.3, 0.4) is 0 Å². The first-order valence-corrected chi connectivity index (χ1v) is 11.7. The van der Waals surface area contributed by atoms with Crippen molar-refractivity contribution >= 4 is 11.5 Å². The standard InChI is InChI=1S/C26H25N9O2/c1-16(2)37-24-6-5-18(9-28-24)17(3)32-26(36)35-15-22(12-31-35)23-7-19(21-11-29-33(4)13-21)14-34-25(23)20(8-27)10-30-34/h5-7,9-17H,1-4H3,(H,32,36). The SMILES string of the molecule is CC(C)Oc1ccc(C(C)NC(=O)n2cc(-c3cc(-c4cnn(C)c4)cn4ncc(C#N)c34)cn2)cn1. The Kier molecular flexibility index (Phi) is 6.15. The van der Waals surface area contributed by atoms with Crippen LogP contribution in [0.5, 0.6) is 5.88 Å². The Bertz CT molecular complexity index is 1620. The Morgan fingerprint density at radius 3 is 2.49 bits per heavy atom. The van der Waals surface area contributed by atoms with E-state index in [0.29, 0.717) is 22.5 Å². The first-order chi connectivity index (χ1) is 17.8. The fourth-order valence-electron chi connectivity index (χ4n) is 4.02. The highest BCUT2D eigenvalue weighted by Crippen LogP contribution is 2.31. The molecule has 186 valence electrons. The predicted molar refractivity (Wildman–Crippen MR) is 136 cm³/mol. The zero-order valence-corrected chi connectivity index (χ0v) is 20.8. The summed E-state index contributed by atoms with van der Waals surface area (Å²) in [6.45, 7) is 5.74. The maximum absolute atomic E-state index is 13.0. The van der Waals surface area contributed by atoms with Crippen LogP contribution in [-0.2, 0) is 7.05 Å². The van der Waals surface area contributed by atoms with Crippen LogP contribution in [-0.4, -0.2) is 46.3 Å². The molecular weight excluding hydrogens is 470 g/mol. The Morgan fingerprint density at radius 2 is 1.81 bits per heavy atom. The summed E-state index contributed by atoms with van der Waals surface area (Å²) in [4.78, 5) is 17.3. The van der Waals surface area contributed by atoms with E-state index in [1.165, 1.54) is 10.9 Å². The number of rotatable bonds is 6. The van der Waals surface area contributed by atoms with Gasteiger partial charge in [0.15, 0.2) is 0 Å². The second-order valence-electron chi connectivity index (χ2n) is 8.95. The highest BCUT2D eigenvalue weighted by atomic mass is 16.5. The third-order valence-electron chi connectivity index (χ3n) is 5.83. The number of carbonyl (C=O) groups excluding carboxylic acids is 1. The van der Waals surface area contributed by atoms with Gasteiger partial charge in [-0.15, -0.1) is 0 Å². The molecule has 0 aromatic carbocycles. The van der Waals surface area contributed by atoms with Gasteiger partial charge in [-0.25, -0.2) is 14.3 Å². The number of nitrogens with one attached hydrogen (secondary N) is 1. The van der Waals surface area contributed by atoms with Gasteiger partial charge >= 0.3 is 6.03 Å². The molecule has 0 fully saturated rings. The van der Waals surface area contributed by atoms with Crippen LogP contribution >= 0.6 is 0 Å². The lowest BCUT2D eigenvalue weighted by Crippen LogP contribution is -2.31. The Morgan fingerprint density at radius 1 is 1.00 bits per heavy atom. The van der Waals surface area contributed by atoms with E-state index in [4.69, 9.17) is 4.74 Å².